The third-order valence-corrected chi connectivity index (χ3v) is 6.11. The van der Waals surface area contributed by atoms with Gasteiger partial charge in [0.1, 0.15) is 6.10 Å². The van der Waals surface area contributed by atoms with Crippen LogP contribution in [0.5, 0.6) is 0 Å². The molecular formula is C20H30O3. The summed E-state index contributed by atoms with van der Waals surface area (Å²) in [6, 6.07) is 0. The van der Waals surface area contributed by atoms with Gasteiger partial charge in [-0.25, -0.2) is 4.79 Å². The van der Waals surface area contributed by atoms with Gasteiger partial charge in [0.2, 0.25) is 0 Å². The fourth-order valence-corrected chi connectivity index (χ4v) is 4.07. The van der Waals surface area contributed by atoms with Gasteiger partial charge in [-0.15, -0.1) is 0 Å². The summed E-state index contributed by atoms with van der Waals surface area (Å²) >= 11 is 0. The number of epoxide rings is 1. The minimum atomic E-state index is -0.185. The Morgan fingerprint density at radius 1 is 1.30 bits per heavy atom. The van der Waals surface area contributed by atoms with Gasteiger partial charge in [0, 0.05) is 5.57 Å². The third-order valence-electron chi connectivity index (χ3n) is 6.11. The highest BCUT2D eigenvalue weighted by atomic mass is 16.6. The molecule has 2 bridgehead atoms. The second-order valence-corrected chi connectivity index (χ2v) is 8.00. The van der Waals surface area contributed by atoms with Crippen molar-refractivity contribution in [2.75, 3.05) is 0 Å². The van der Waals surface area contributed by atoms with Gasteiger partial charge >= 0.3 is 5.97 Å². The molecule has 128 valence electrons. The van der Waals surface area contributed by atoms with E-state index in [-0.39, 0.29) is 23.6 Å². The van der Waals surface area contributed by atoms with Crippen molar-refractivity contribution in [1.82, 2.24) is 0 Å². The molecule has 3 aliphatic rings. The molecule has 0 radical (unpaired) electrons. The lowest BCUT2D eigenvalue weighted by atomic mass is 9.80. The second kappa shape index (κ2) is 6.43. The molecule has 0 aromatic carbocycles. The summed E-state index contributed by atoms with van der Waals surface area (Å²) in [6.07, 6.45) is 10.1. The normalized spacial score (nSPS) is 44.4. The second-order valence-electron chi connectivity index (χ2n) is 8.00. The zero-order chi connectivity index (χ0) is 16.6. The fourth-order valence-electron chi connectivity index (χ4n) is 4.07. The number of rotatable bonds is 0. The van der Waals surface area contributed by atoms with Gasteiger partial charge in [-0.3, -0.25) is 0 Å². The number of allylic oxidation sites excluding steroid dienone is 2. The first-order valence-corrected chi connectivity index (χ1v) is 9.12. The first-order chi connectivity index (χ1) is 10.9. The van der Waals surface area contributed by atoms with Crippen LogP contribution in [0.25, 0.3) is 0 Å². The van der Waals surface area contributed by atoms with E-state index in [9.17, 15) is 4.79 Å². The summed E-state index contributed by atoms with van der Waals surface area (Å²) in [6.45, 7) is 10.6. The number of carbonyl (C=O) groups excluding carboxylic acids is 1. The monoisotopic (exact) mass is 318 g/mol. The third kappa shape index (κ3) is 3.71. The molecule has 0 saturated carbocycles. The first-order valence-electron chi connectivity index (χ1n) is 9.12. The van der Waals surface area contributed by atoms with E-state index in [2.05, 4.69) is 33.4 Å². The standard InChI is InChI=1S/C20H30O3/c1-13-6-5-7-14(2)17-12-16(15(3)19(21)22-17)10-11-20(4)18(23-20)9-8-13/h6,14,16-18H,3,5,7-12H2,1-2,4H3/b13-6+/t14-,16+,17+,18?,20?/m1/s1. The zero-order valence-electron chi connectivity index (χ0n) is 14.8. The van der Waals surface area contributed by atoms with Gasteiger partial charge in [0.05, 0.1) is 11.7 Å². The molecule has 3 rings (SSSR count). The molecule has 0 aromatic rings. The Kier molecular flexibility index (Phi) is 4.68. The van der Waals surface area contributed by atoms with Crippen LogP contribution < -0.4 is 0 Å². The maximum atomic E-state index is 12.2. The van der Waals surface area contributed by atoms with E-state index < -0.39 is 0 Å². The largest absolute Gasteiger partial charge is 0.459 e. The molecule has 3 nitrogen and oxygen atoms in total. The van der Waals surface area contributed by atoms with Gasteiger partial charge in [0.15, 0.2) is 0 Å². The summed E-state index contributed by atoms with van der Waals surface area (Å²) in [5, 5.41) is 0. The lowest BCUT2D eigenvalue weighted by Crippen LogP contribution is -2.36. The van der Waals surface area contributed by atoms with Crippen molar-refractivity contribution in [3.8, 4) is 0 Å². The van der Waals surface area contributed by atoms with E-state index in [1.807, 2.05) is 0 Å². The Morgan fingerprint density at radius 2 is 2.09 bits per heavy atom. The summed E-state index contributed by atoms with van der Waals surface area (Å²) in [4.78, 5) is 12.2. The van der Waals surface area contributed by atoms with E-state index in [1.54, 1.807) is 0 Å². The summed E-state index contributed by atoms with van der Waals surface area (Å²) < 4.78 is 11.6. The van der Waals surface area contributed by atoms with E-state index in [0.717, 1.165) is 44.9 Å². The van der Waals surface area contributed by atoms with Gasteiger partial charge in [-0.2, -0.15) is 0 Å². The predicted octanol–water partition coefficient (Wildman–Crippen LogP) is 4.57. The molecule has 2 saturated heterocycles. The number of carbonyl (C=O) groups is 1. The molecule has 23 heavy (non-hydrogen) atoms. The molecule has 2 fully saturated rings. The van der Waals surface area contributed by atoms with Gasteiger partial charge in [-0.05, 0) is 70.6 Å². The van der Waals surface area contributed by atoms with Crippen LogP contribution in [0.4, 0.5) is 0 Å². The number of esters is 1. The Labute approximate surface area is 140 Å². The Hall–Kier alpha value is -1.09. The van der Waals surface area contributed by atoms with Gasteiger partial charge in [-0.1, -0.05) is 25.2 Å². The molecular weight excluding hydrogens is 288 g/mol. The topological polar surface area (TPSA) is 38.8 Å². The van der Waals surface area contributed by atoms with Crippen molar-refractivity contribution in [2.24, 2.45) is 11.8 Å². The van der Waals surface area contributed by atoms with Crippen LogP contribution in [0.2, 0.25) is 0 Å². The average Bonchev–Trinajstić information content (AvgIpc) is 3.16. The van der Waals surface area contributed by atoms with E-state index >= 15 is 0 Å². The van der Waals surface area contributed by atoms with Crippen LogP contribution in [0.3, 0.4) is 0 Å². The molecule has 0 aromatic heterocycles. The molecule has 0 amide bonds. The summed E-state index contributed by atoms with van der Waals surface area (Å²) in [5.74, 6) is 0.475. The van der Waals surface area contributed by atoms with E-state index in [0.29, 0.717) is 17.6 Å². The molecule has 2 unspecified atom stereocenters. The lowest BCUT2D eigenvalue weighted by Gasteiger charge is -2.34. The number of ether oxygens (including phenoxy) is 2. The summed E-state index contributed by atoms with van der Waals surface area (Å²) in [5.41, 5.74) is 2.13. The van der Waals surface area contributed by atoms with Crippen LogP contribution >= 0.6 is 0 Å². The van der Waals surface area contributed by atoms with Crippen molar-refractivity contribution in [3.05, 3.63) is 23.8 Å². The highest BCUT2D eigenvalue weighted by molar-refractivity contribution is 5.89. The smallest absolute Gasteiger partial charge is 0.333 e. The maximum absolute atomic E-state index is 12.2. The van der Waals surface area contributed by atoms with Crippen molar-refractivity contribution < 1.29 is 14.3 Å². The quantitative estimate of drug-likeness (QED) is 0.284. The Morgan fingerprint density at radius 3 is 2.87 bits per heavy atom. The zero-order valence-corrected chi connectivity index (χ0v) is 14.8. The number of fused-ring (bicyclic) bond motifs is 3. The van der Waals surface area contributed by atoms with Crippen LogP contribution in [0.1, 0.15) is 65.7 Å². The number of hydrogen-bond donors (Lipinski definition) is 0. The van der Waals surface area contributed by atoms with Crippen LogP contribution in [-0.4, -0.2) is 23.8 Å². The van der Waals surface area contributed by atoms with Crippen molar-refractivity contribution in [1.29, 1.82) is 0 Å². The Bertz CT molecular complexity index is 521. The fraction of sp³-hybridized carbons (Fsp3) is 0.750. The molecule has 2 heterocycles. The summed E-state index contributed by atoms with van der Waals surface area (Å²) in [7, 11) is 0. The Balaban J connectivity index is 1.74. The predicted molar refractivity (Wildman–Crippen MR) is 91.0 cm³/mol. The van der Waals surface area contributed by atoms with E-state index in [1.165, 1.54) is 5.57 Å². The molecule has 2 aliphatic heterocycles. The lowest BCUT2D eigenvalue weighted by molar-refractivity contribution is -0.152. The maximum Gasteiger partial charge on any atom is 0.333 e. The minimum Gasteiger partial charge on any atom is -0.459 e. The van der Waals surface area contributed by atoms with Gasteiger partial charge < -0.3 is 9.47 Å². The minimum absolute atomic E-state index is 0.00708. The van der Waals surface area contributed by atoms with Crippen molar-refractivity contribution >= 4 is 5.97 Å². The van der Waals surface area contributed by atoms with Crippen molar-refractivity contribution in [3.63, 3.8) is 0 Å². The number of hydrogen-bond acceptors (Lipinski definition) is 3. The first kappa shape index (κ1) is 16.8. The molecule has 5 atom stereocenters. The highest BCUT2D eigenvalue weighted by Crippen LogP contribution is 2.46. The molecule has 0 spiro atoms. The van der Waals surface area contributed by atoms with Crippen LogP contribution in [-0.2, 0) is 14.3 Å². The van der Waals surface area contributed by atoms with Gasteiger partial charge in [0.25, 0.3) is 0 Å². The average molecular weight is 318 g/mol. The molecule has 0 N–H and O–H groups in total. The van der Waals surface area contributed by atoms with Crippen LogP contribution in [0.15, 0.2) is 23.8 Å². The SMILES string of the molecule is C=C1C(=O)O[C@H]2C[C@@H]1CCC1(C)OC1CC/C(C)=C/CC[C@H]2C. The molecule has 3 heteroatoms. The van der Waals surface area contributed by atoms with Crippen molar-refractivity contribution in [2.45, 2.75) is 83.5 Å². The molecule has 1 aliphatic carbocycles. The van der Waals surface area contributed by atoms with E-state index in [4.69, 9.17) is 9.47 Å². The highest BCUT2D eigenvalue weighted by Gasteiger charge is 2.51. The van der Waals surface area contributed by atoms with Crippen LogP contribution in [0, 0.1) is 11.8 Å².